The molecular formula is C9H17NO5. The third-order valence-corrected chi connectivity index (χ3v) is 1.26. The summed E-state index contributed by atoms with van der Waals surface area (Å²) in [5.41, 5.74) is -0.651. The standard InChI is InChI=1S/C9H17NO5/c1-9(2,3)15-8(13)10(6-14-4)5-7(11)12/h5-6H2,1-4H3,(H,11,12). The minimum absolute atomic E-state index is 0.110. The van der Waals surface area contributed by atoms with E-state index in [1.54, 1.807) is 20.8 Å². The molecule has 0 aliphatic rings. The lowest BCUT2D eigenvalue weighted by Crippen LogP contribution is -2.40. The number of carboxylic acid groups (broad SMARTS) is 1. The zero-order valence-corrected chi connectivity index (χ0v) is 9.44. The Morgan fingerprint density at radius 1 is 1.33 bits per heavy atom. The van der Waals surface area contributed by atoms with E-state index in [1.807, 2.05) is 0 Å². The molecule has 0 fully saturated rings. The first-order chi connectivity index (χ1) is 6.76. The minimum Gasteiger partial charge on any atom is -0.480 e. The summed E-state index contributed by atoms with van der Waals surface area (Å²) < 4.78 is 9.70. The molecule has 0 rings (SSSR count). The number of rotatable bonds is 4. The van der Waals surface area contributed by atoms with Crippen molar-refractivity contribution in [3.63, 3.8) is 0 Å². The van der Waals surface area contributed by atoms with Gasteiger partial charge >= 0.3 is 12.1 Å². The van der Waals surface area contributed by atoms with Crippen LogP contribution in [0.15, 0.2) is 0 Å². The second-order valence-corrected chi connectivity index (χ2v) is 3.99. The molecule has 0 bridgehead atoms. The quantitative estimate of drug-likeness (QED) is 0.711. The Balaban J connectivity index is 4.35. The van der Waals surface area contributed by atoms with E-state index in [1.165, 1.54) is 7.11 Å². The summed E-state index contributed by atoms with van der Waals surface area (Å²) in [6, 6.07) is 0. The molecule has 0 saturated heterocycles. The number of carbonyl (C=O) groups excluding carboxylic acids is 1. The van der Waals surface area contributed by atoms with Gasteiger partial charge in [-0.2, -0.15) is 0 Å². The van der Waals surface area contributed by atoms with Gasteiger partial charge in [0.25, 0.3) is 0 Å². The van der Waals surface area contributed by atoms with Crippen molar-refractivity contribution in [2.75, 3.05) is 20.4 Å². The molecule has 1 amide bonds. The van der Waals surface area contributed by atoms with Gasteiger partial charge < -0.3 is 14.6 Å². The average Bonchev–Trinajstić information content (AvgIpc) is 1.99. The first-order valence-corrected chi connectivity index (χ1v) is 4.45. The molecule has 6 heteroatoms. The largest absolute Gasteiger partial charge is 0.480 e. The van der Waals surface area contributed by atoms with Gasteiger partial charge in [-0.25, -0.2) is 4.79 Å². The molecule has 88 valence electrons. The van der Waals surface area contributed by atoms with Crippen molar-refractivity contribution in [1.82, 2.24) is 4.90 Å². The highest BCUT2D eigenvalue weighted by atomic mass is 16.6. The van der Waals surface area contributed by atoms with E-state index < -0.39 is 24.2 Å². The molecule has 15 heavy (non-hydrogen) atoms. The molecule has 0 aromatic heterocycles. The molecule has 0 aromatic carbocycles. The summed E-state index contributed by atoms with van der Waals surface area (Å²) in [6.07, 6.45) is -0.702. The van der Waals surface area contributed by atoms with Crippen molar-refractivity contribution in [3.8, 4) is 0 Å². The number of carbonyl (C=O) groups is 2. The van der Waals surface area contributed by atoms with Gasteiger partial charge in [-0.1, -0.05) is 0 Å². The molecule has 0 heterocycles. The molecule has 0 aliphatic heterocycles. The average molecular weight is 219 g/mol. The van der Waals surface area contributed by atoms with E-state index in [-0.39, 0.29) is 6.73 Å². The van der Waals surface area contributed by atoms with Gasteiger partial charge in [0.15, 0.2) is 0 Å². The highest BCUT2D eigenvalue weighted by Gasteiger charge is 2.23. The monoisotopic (exact) mass is 219 g/mol. The predicted octanol–water partition coefficient (Wildman–Crippen LogP) is 0.912. The fourth-order valence-electron chi connectivity index (χ4n) is 0.808. The van der Waals surface area contributed by atoms with Crippen LogP contribution < -0.4 is 0 Å². The normalized spacial score (nSPS) is 10.9. The van der Waals surface area contributed by atoms with Crippen LogP contribution in [0.1, 0.15) is 20.8 Å². The number of nitrogens with zero attached hydrogens (tertiary/aromatic N) is 1. The molecule has 0 spiro atoms. The molecule has 0 saturated carbocycles. The summed E-state index contributed by atoms with van der Waals surface area (Å²) in [5.74, 6) is -1.11. The number of ether oxygens (including phenoxy) is 2. The summed E-state index contributed by atoms with van der Waals surface area (Å²) >= 11 is 0. The van der Waals surface area contributed by atoms with E-state index in [4.69, 9.17) is 14.6 Å². The molecule has 0 atom stereocenters. The van der Waals surface area contributed by atoms with Gasteiger partial charge in [-0.15, -0.1) is 0 Å². The fraction of sp³-hybridized carbons (Fsp3) is 0.778. The van der Waals surface area contributed by atoms with Crippen molar-refractivity contribution in [1.29, 1.82) is 0 Å². The first-order valence-electron chi connectivity index (χ1n) is 4.45. The Labute approximate surface area is 88.8 Å². The van der Waals surface area contributed by atoms with E-state index in [9.17, 15) is 9.59 Å². The van der Waals surface area contributed by atoms with Gasteiger partial charge in [-0.05, 0) is 20.8 Å². The third kappa shape index (κ3) is 6.73. The topological polar surface area (TPSA) is 76.1 Å². The molecular weight excluding hydrogens is 202 g/mol. The van der Waals surface area contributed by atoms with Crippen LogP contribution in [-0.4, -0.2) is 48.1 Å². The number of hydrogen-bond donors (Lipinski definition) is 1. The fourth-order valence-corrected chi connectivity index (χ4v) is 0.808. The van der Waals surface area contributed by atoms with Crippen LogP contribution in [0.3, 0.4) is 0 Å². The molecule has 1 N–H and O–H groups in total. The predicted molar refractivity (Wildman–Crippen MR) is 52.5 cm³/mol. The van der Waals surface area contributed by atoms with Crippen LogP contribution >= 0.6 is 0 Å². The SMILES string of the molecule is COCN(CC(=O)O)C(=O)OC(C)(C)C. The summed E-state index contributed by atoms with van der Waals surface area (Å²) in [6.45, 7) is 4.56. The Morgan fingerprint density at radius 3 is 2.20 bits per heavy atom. The van der Waals surface area contributed by atoms with Crippen molar-refractivity contribution in [3.05, 3.63) is 0 Å². The maximum absolute atomic E-state index is 11.4. The van der Waals surface area contributed by atoms with E-state index in [0.29, 0.717) is 0 Å². The van der Waals surface area contributed by atoms with Gasteiger partial charge in [0.2, 0.25) is 0 Å². The Morgan fingerprint density at radius 2 is 1.87 bits per heavy atom. The number of methoxy groups -OCH3 is 1. The minimum atomic E-state index is -1.11. The first kappa shape index (κ1) is 13.7. The van der Waals surface area contributed by atoms with Crippen molar-refractivity contribution in [2.45, 2.75) is 26.4 Å². The Hall–Kier alpha value is -1.30. The Bertz CT molecular complexity index is 233. The second kappa shape index (κ2) is 5.55. The molecule has 0 aliphatic carbocycles. The van der Waals surface area contributed by atoms with Gasteiger partial charge in [0, 0.05) is 7.11 Å². The van der Waals surface area contributed by atoms with Gasteiger partial charge in [-0.3, -0.25) is 9.69 Å². The lowest BCUT2D eigenvalue weighted by molar-refractivity contribution is -0.139. The maximum Gasteiger partial charge on any atom is 0.412 e. The van der Waals surface area contributed by atoms with Crippen LogP contribution in [0.25, 0.3) is 0 Å². The molecule has 6 nitrogen and oxygen atoms in total. The molecule has 0 aromatic rings. The summed E-state index contributed by atoms with van der Waals surface area (Å²) in [5, 5.41) is 8.55. The van der Waals surface area contributed by atoms with Crippen LogP contribution in [0.4, 0.5) is 4.79 Å². The number of carboxylic acids is 1. The number of amides is 1. The van der Waals surface area contributed by atoms with E-state index >= 15 is 0 Å². The van der Waals surface area contributed by atoms with Crippen LogP contribution in [0.2, 0.25) is 0 Å². The van der Waals surface area contributed by atoms with Gasteiger partial charge in [0.05, 0.1) is 0 Å². The summed E-state index contributed by atoms with van der Waals surface area (Å²) in [4.78, 5) is 22.9. The van der Waals surface area contributed by atoms with Crippen molar-refractivity contribution in [2.24, 2.45) is 0 Å². The van der Waals surface area contributed by atoms with E-state index in [0.717, 1.165) is 4.90 Å². The van der Waals surface area contributed by atoms with Crippen LogP contribution in [0.5, 0.6) is 0 Å². The Kier molecular flexibility index (Phi) is 5.07. The highest BCUT2D eigenvalue weighted by molar-refractivity contribution is 5.76. The third-order valence-electron chi connectivity index (χ3n) is 1.26. The zero-order chi connectivity index (χ0) is 12.1. The molecule has 0 radical (unpaired) electrons. The number of hydrogen-bond acceptors (Lipinski definition) is 4. The van der Waals surface area contributed by atoms with E-state index in [2.05, 4.69) is 0 Å². The van der Waals surface area contributed by atoms with Gasteiger partial charge in [0.1, 0.15) is 18.9 Å². The smallest absolute Gasteiger partial charge is 0.412 e. The van der Waals surface area contributed by atoms with Crippen LogP contribution in [0, 0.1) is 0 Å². The zero-order valence-electron chi connectivity index (χ0n) is 9.44. The van der Waals surface area contributed by atoms with Crippen molar-refractivity contribution >= 4 is 12.1 Å². The summed E-state index contributed by atoms with van der Waals surface area (Å²) in [7, 11) is 1.37. The van der Waals surface area contributed by atoms with Crippen molar-refractivity contribution < 1.29 is 24.2 Å². The van der Waals surface area contributed by atoms with Crippen LogP contribution in [-0.2, 0) is 14.3 Å². The highest BCUT2D eigenvalue weighted by Crippen LogP contribution is 2.09. The molecule has 0 unspecified atom stereocenters. The lowest BCUT2D eigenvalue weighted by Gasteiger charge is -2.25. The lowest BCUT2D eigenvalue weighted by atomic mass is 10.2. The number of aliphatic carboxylic acids is 1. The second-order valence-electron chi connectivity index (χ2n) is 3.99. The maximum atomic E-state index is 11.4.